The van der Waals surface area contributed by atoms with Gasteiger partial charge in [-0.3, -0.25) is 4.90 Å². The molecule has 0 aromatic heterocycles. The van der Waals surface area contributed by atoms with Crippen LogP contribution >= 0.6 is 0 Å². The monoisotopic (exact) mass is 492 g/mol. The van der Waals surface area contributed by atoms with Crippen LogP contribution in [-0.2, 0) is 9.47 Å². The first-order chi connectivity index (χ1) is 15.2. The highest BCUT2D eigenvalue weighted by molar-refractivity contribution is 5.71. The Morgan fingerprint density at radius 1 is 0.794 bits per heavy atom. The van der Waals surface area contributed by atoms with Crippen molar-refractivity contribution >= 4 is 12.2 Å². The number of halogens is 2. The number of alkyl halides is 2. The highest BCUT2D eigenvalue weighted by atomic mass is 19.1. The molecule has 2 unspecified atom stereocenters. The Kier molecular flexibility index (Phi) is 10.2. The lowest BCUT2D eigenvalue weighted by molar-refractivity contribution is -0.0420. The summed E-state index contributed by atoms with van der Waals surface area (Å²) >= 11 is 0. The maximum atomic E-state index is 14.7. The van der Waals surface area contributed by atoms with Crippen molar-refractivity contribution in [1.29, 1.82) is 0 Å². The van der Waals surface area contributed by atoms with E-state index in [1.165, 1.54) is 23.6 Å². The first-order valence-electron chi connectivity index (χ1n) is 12.0. The van der Waals surface area contributed by atoms with E-state index in [2.05, 4.69) is 10.6 Å². The Morgan fingerprint density at radius 2 is 1.32 bits per heavy atom. The van der Waals surface area contributed by atoms with Crippen LogP contribution < -0.4 is 10.6 Å². The molecular formula is C24H46F2N4O4. The zero-order valence-corrected chi connectivity index (χ0v) is 22.7. The van der Waals surface area contributed by atoms with Gasteiger partial charge < -0.3 is 25.0 Å². The van der Waals surface area contributed by atoms with Crippen LogP contribution in [0, 0.1) is 0 Å². The van der Waals surface area contributed by atoms with Crippen molar-refractivity contribution in [3.8, 4) is 0 Å². The van der Waals surface area contributed by atoms with Gasteiger partial charge in [-0.1, -0.05) is 0 Å². The van der Waals surface area contributed by atoms with Crippen molar-refractivity contribution in [3.63, 3.8) is 0 Å². The lowest BCUT2D eigenvalue weighted by Crippen LogP contribution is -2.63. The van der Waals surface area contributed by atoms with E-state index in [0.29, 0.717) is 0 Å². The lowest BCUT2D eigenvalue weighted by atomic mass is 9.97. The van der Waals surface area contributed by atoms with Crippen LogP contribution in [0.5, 0.6) is 0 Å². The third kappa shape index (κ3) is 10.7. The highest BCUT2D eigenvalue weighted by Crippen LogP contribution is 2.27. The van der Waals surface area contributed by atoms with Crippen molar-refractivity contribution in [1.82, 2.24) is 20.4 Å². The Labute approximate surface area is 204 Å². The second-order valence-electron chi connectivity index (χ2n) is 12.0. The zero-order chi connectivity index (χ0) is 26.5. The topological polar surface area (TPSA) is 83.1 Å². The minimum atomic E-state index is -1.68. The molecule has 2 atom stereocenters. The summed E-state index contributed by atoms with van der Waals surface area (Å²) in [5.74, 6) is 0. The standard InChI is InChI=1S/C17H31FN2O4.C7H15FN2/c1-15(2,3)23-13(21)19-9-10-20(12(11-19)17(7,8)18)14(22)24-16(4,5)6;1-7(2,8)6-5-9-3-4-10-6/h12H,9-11H2,1-8H3;6,9-10H,3-5H2,1-2H3. The largest absolute Gasteiger partial charge is 0.444 e. The number of piperazine rings is 2. The second kappa shape index (κ2) is 11.4. The van der Waals surface area contributed by atoms with Crippen LogP contribution in [0.1, 0.15) is 69.2 Å². The van der Waals surface area contributed by atoms with Crippen LogP contribution in [0.3, 0.4) is 0 Å². The van der Waals surface area contributed by atoms with Crippen LogP contribution in [0.4, 0.5) is 18.4 Å². The third-order valence-corrected chi connectivity index (χ3v) is 5.32. The molecule has 2 N–H and O–H groups in total. The Balaban J connectivity index is 0.000000479. The first-order valence-corrected chi connectivity index (χ1v) is 12.0. The molecule has 0 aliphatic carbocycles. The number of ether oxygens (including phenoxy) is 2. The molecule has 0 bridgehead atoms. The van der Waals surface area contributed by atoms with E-state index in [-0.39, 0.29) is 25.7 Å². The molecule has 2 fully saturated rings. The summed E-state index contributed by atoms with van der Waals surface area (Å²) in [6.07, 6.45) is -1.07. The SMILES string of the molecule is CC(C)(C)OC(=O)N1CCN(C(=O)OC(C)(C)C)C(C(C)(C)F)C1.CC(C)(F)C1CNCCN1. The van der Waals surface area contributed by atoms with Crippen molar-refractivity contribution in [3.05, 3.63) is 0 Å². The maximum absolute atomic E-state index is 14.7. The molecule has 0 aromatic carbocycles. The molecule has 0 saturated carbocycles. The van der Waals surface area contributed by atoms with Gasteiger partial charge in [0.15, 0.2) is 0 Å². The van der Waals surface area contributed by atoms with Crippen molar-refractivity contribution in [2.45, 2.75) is 104 Å². The quantitative estimate of drug-likeness (QED) is 0.609. The van der Waals surface area contributed by atoms with E-state index in [4.69, 9.17) is 9.47 Å². The minimum Gasteiger partial charge on any atom is -0.444 e. The molecular weight excluding hydrogens is 446 g/mol. The Bertz CT molecular complexity index is 672. The Hall–Kier alpha value is -1.68. The van der Waals surface area contributed by atoms with Gasteiger partial charge in [0, 0.05) is 39.3 Å². The van der Waals surface area contributed by atoms with Crippen LogP contribution in [-0.4, -0.2) is 95.9 Å². The van der Waals surface area contributed by atoms with E-state index >= 15 is 0 Å². The smallest absolute Gasteiger partial charge is 0.410 e. The summed E-state index contributed by atoms with van der Waals surface area (Å²) in [5.41, 5.74) is -4.07. The molecule has 2 saturated heterocycles. The van der Waals surface area contributed by atoms with Crippen molar-refractivity contribution in [2.24, 2.45) is 0 Å². The number of amides is 2. The van der Waals surface area contributed by atoms with Gasteiger partial charge in [0.05, 0.1) is 12.1 Å². The first kappa shape index (κ1) is 30.4. The fourth-order valence-electron chi connectivity index (χ4n) is 3.54. The van der Waals surface area contributed by atoms with Gasteiger partial charge in [-0.05, 0) is 69.2 Å². The number of carbonyl (C=O) groups is 2. The minimum absolute atomic E-state index is 0.0266. The molecule has 2 rings (SSSR count). The summed E-state index contributed by atoms with van der Waals surface area (Å²) < 4.78 is 38.5. The number of rotatable bonds is 2. The predicted octanol–water partition coefficient (Wildman–Crippen LogP) is 3.89. The molecule has 8 nitrogen and oxygen atoms in total. The van der Waals surface area contributed by atoms with Gasteiger partial charge >= 0.3 is 12.2 Å². The van der Waals surface area contributed by atoms with E-state index in [0.717, 1.165) is 19.6 Å². The normalized spacial score (nSPS) is 22.5. The van der Waals surface area contributed by atoms with Crippen molar-refractivity contribution in [2.75, 3.05) is 39.3 Å². The summed E-state index contributed by atoms with van der Waals surface area (Å²) in [5, 5.41) is 6.26. The molecule has 2 aliphatic rings. The van der Waals surface area contributed by atoms with E-state index in [1.54, 1.807) is 55.4 Å². The third-order valence-electron chi connectivity index (χ3n) is 5.32. The number of nitrogens with zero attached hydrogens (tertiary/aromatic N) is 2. The average molecular weight is 493 g/mol. The van der Waals surface area contributed by atoms with Crippen LogP contribution in [0.2, 0.25) is 0 Å². The summed E-state index contributed by atoms with van der Waals surface area (Å²) in [6, 6.07) is -0.824. The molecule has 0 aromatic rings. The van der Waals surface area contributed by atoms with Gasteiger partial charge in [0.1, 0.15) is 22.5 Å². The number of hydrogen-bond donors (Lipinski definition) is 2. The molecule has 0 radical (unpaired) electrons. The molecule has 34 heavy (non-hydrogen) atoms. The fourth-order valence-corrected chi connectivity index (χ4v) is 3.54. The number of carbonyl (C=O) groups excluding carboxylic acids is 2. The average Bonchev–Trinajstić information content (AvgIpc) is 2.64. The van der Waals surface area contributed by atoms with E-state index < -0.39 is 40.8 Å². The summed E-state index contributed by atoms with van der Waals surface area (Å²) in [7, 11) is 0. The van der Waals surface area contributed by atoms with Crippen LogP contribution in [0.15, 0.2) is 0 Å². The van der Waals surface area contributed by atoms with Gasteiger partial charge in [-0.25, -0.2) is 18.4 Å². The van der Waals surface area contributed by atoms with Crippen LogP contribution in [0.25, 0.3) is 0 Å². The van der Waals surface area contributed by atoms with Crippen molar-refractivity contribution < 1.29 is 27.8 Å². The molecule has 0 spiro atoms. The predicted molar refractivity (Wildman–Crippen MR) is 130 cm³/mol. The molecule has 10 heteroatoms. The number of hydrogen-bond acceptors (Lipinski definition) is 6. The highest BCUT2D eigenvalue weighted by Gasteiger charge is 2.44. The molecule has 200 valence electrons. The zero-order valence-electron chi connectivity index (χ0n) is 22.7. The van der Waals surface area contributed by atoms with E-state index in [1.807, 2.05) is 0 Å². The van der Waals surface area contributed by atoms with Gasteiger partial charge in [0.2, 0.25) is 0 Å². The maximum Gasteiger partial charge on any atom is 0.410 e. The summed E-state index contributed by atoms with van der Waals surface area (Å²) in [4.78, 5) is 27.4. The fraction of sp³-hybridized carbons (Fsp3) is 0.917. The van der Waals surface area contributed by atoms with E-state index in [9.17, 15) is 18.4 Å². The van der Waals surface area contributed by atoms with Gasteiger partial charge in [0.25, 0.3) is 0 Å². The second-order valence-corrected chi connectivity index (χ2v) is 12.0. The molecule has 2 amide bonds. The number of nitrogens with one attached hydrogen (secondary N) is 2. The van der Waals surface area contributed by atoms with Gasteiger partial charge in [-0.15, -0.1) is 0 Å². The summed E-state index contributed by atoms with van der Waals surface area (Å²) in [6.45, 7) is 19.7. The molecule has 2 aliphatic heterocycles. The Morgan fingerprint density at radius 3 is 1.71 bits per heavy atom. The lowest BCUT2D eigenvalue weighted by Gasteiger charge is -2.45. The molecule has 2 heterocycles. The van der Waals surface area contributed by atoms with Gasteiger partial charge in [-0.2, -0.15) is 0 Å².